The van der Waals surface area contributed by atoms with E-state index in [1.807, 2.05) is 0 Å². The second-order valence-corrected chi connectivity index (χ2v) is 6.82. The number of hydrogen-bond acceptors (Lipinski definition) is 4. The van der Waals surface area contributed by atoms with E-state index in [0.29, 0.717) is 12.8 Å². The van der Waals surface area contributed by atoms with Crippen LogP contribution in [0.2, 0.25) is 0 Å². The topological polar surface area (TPSA) is 109 Å². The third-order valence-corrected chi connectivity index (χ3v) is 4.46. The second-order valence-electron chi connectivity index (χ2n) is 5.05. The SMILES string of the molecule is CC(C)n1cc(S(=O)(=O)NCCCCCO)cc1C(=O)O. The highest BCUT2D eigenvalue weighted by Gasteiger charge is 2.21. The fourth-order valence-electron chi connectivity index (χ4n) is 1.90. The van der Waals surface area contributed by atoms with Crippen LogP contribution in [0.1, 0.15) is 49.6 Å². The number of carboxylic acids is 1. The largest absolute Gasteiger partial charge is 0.477 e. The van der Waals surface area contributed by atoms with Crippen LogP contribution in [0.3, 0.4) is 0 Å². The highest BCUT2D eigenvalue weighted by atomic mass is 32.2. The third kappa shape index (κ3) is 4.83. The van der Waals surface area contributed by atoms with Gasteiger partial charge < -0.3 is 14.8 Å². The number of hydrogen-bond donors (Lipinski definition) is 3. The fourth-order valence-corrected chi connectivity index (χ4v) is 3.00. The van der Waals surface area contributed by atoms with Gasteiger partial charge in [0.1, 0.15) is 10.6 Å². The molecule has 120 valence electrons. The van der Waals surface area contributed by atoms with Gasteiger partial charge in [-0.1, -0.05) is 0 Å². The van der Waals surface area contributed by atoms with Crippen molar-refractivity contribution in [1.82, 2.24) is 9.29 Å². The predicted molar refractivity (Wildman–Crippen MR) is 77.9 cm³/mol. The summed E-state index contributed by atoms with van der Waals surface area (Å²) in [5.74, 6) is -1.16. The van der Waals surface area contributed by atoms with Crippen LogP contribution in [0.4, 0.5) is 0 Å². The summed E-state index contributed by atoms with van der Waals surface area (Å²) < 4.78 is 28.1. The number of carboxylic acid groups (broad SMARTS) is 1. The van der Waals surface area contributed by atoms with Gasteiger partial charge in [-0.2, -0.15) is 0 Å². The third-order valence-electron chi connectivity index (χ3n) is 3.04. The molecule has 0 aliphatic rings. The molecule has 0 unspecified atom stereocenters. The Morgan fingerprint density at radius 3 is 2.48 bits per heavy atom. The van der Waals surface area contributed by atoms with E-state index in [1.165, 1.54) is 16.8 Å². The summed E-state index contributed by atoms with van der Waals surface area (Å²) in [6.07, 6.45) is 3.32. The lowest BCUT2D eigenvalue weighted by Gasteiger charge is -2.09. The van der Waals surface area contributed by atoms with Crippen molar-refractivity contribution in [3.63, 3.8) is 0 Å². The van der Waals surface area contributed by atoms with E-state index in [1.54, 1.807) is 13.8 Å². The molecular weight excluding hydrogens is 296 g/mol. The van der Waals surface area contributed by atoms with E-state index in [9.17, 15) is 13.2 Å². The summed E-state index contributed by atoms with van der Waals surface area (Å²) in [6.45, 7) is 3.92. The molecule has 21 heavy (non-hydrogen) atoms. The van der Waals surface area contributed by atoms with Gasteiger partial charge in [0.25, 0.3) is 0 Å². The Bertz CT molecular complexity index is 577. The quantitative estimate of drug-likeness (QED) is 0.593. The molecule has 0 saturated carbocycles. The Morgan fingerprint density at radius 2 is 2.00 bits per heavy atom. The van der Waals surface area contributed by atoms with Gasteiger partial charge in [-0.05, 0) is 39.2 Å². The number of nitrogens with one attached hydrogen (secondary N) is 1. The zero-order valence-corrected chi connectivity index (χ0v) is 13.1. The average molecular weight is 318 g/mol. The van der Waals surface area contributed by atoms with E-state index >= 15 is 0 Å². The van der Waals surface area contributed by atoms with Crippen molar-refractivity contribution in [3.05, 3.63) is 18.0 Å². The van der Waals surface area contributed by atoms with Gasteiger partial charge in [-0.15, -0.1) is 0 Å². The smallest absolute Gasteiger partial charge is 0.352 e. The summed E-state index contributed by atoms with van der Waals surface area (Å²) >= 11 is 0. The van der Waals surface area contributed by atoms with Crippen molar-refractivity contribution >= 4 is 16.0 Å². The van der Waals surface area contributed by atoms with Gasteiger partial charge in [-0.3, -0.25) is 0 Å². The molecule has 0 aromatic carbocycles. The highest BCUT2D eigenvalue weighted by Crippen LogP contribution is 2.19. The minimum absolute atomic E-state index is 0.0456. The van der Waals surface area contributed by atoms with Crippen LogP contribution in [0.5, 0.6) is 0 Å². The minimum Gasteiger partial charge on any atom is -0.477 e. The molecule has 8 heteroatoms. The lowest BCUT2D eigenvalue weighted by molar-refractivity contribution is 0.0683. The molecular formula is C13H22N2O5S. The predicted octanol–water partition coefficient (Wildman–Crippen LogP) is 1.21. The molecule has 0 fully saturated rings. The second kappa shape index (κ2) is 7.58. The summed E-state index contributed by atoms with van der Waals surface area (Å²) in [6, 6.07) is 1.02. The Hall–Kier alpha value is -1.38. The van der Waals surface area contributed by atoms with Crippen molar-refractivity contribution in [2.75, 3.05) is 13.2 Å². The molecule has 0 spiro atoms. The molecule has 7 nitrogen and oxygen atoms in total. The molecule has 0 bridgehead atoms. The van der Waals surface area contributed by atoms with Gasteiger partial charge in [0, 0.05) is 25.4 Å². The number of aromatic nitrogens is 1. The van der Waals surface area contributed by atoms with E-state index < -0.39 is 16.0 Å². The van der Waals surface area contributed by atoms with Crippen LogP contribution in [-0.4, -0.2) is 42.3 Å². The van der Waals surface area contributed by atoms with Crippen molar-refractivity contribution in [3.8, 4) is 0 Å². The average Bonchev–Trinajstić information content (AvgIpc) is 2.84. The first kappa shape index (κ1) is 17.7. The number of aliphatic hydroxyl groups excluding tert-OH is 1. The molecule has 0 radical (unpaired) electrons. The lowest BCUT2D eigenvalue weighted by atomic mass is 10.2. The number of carbonyl (C=O) groups is 1. The van der Waals surface area contributed by atoms with Crippen molar-refractivity contribution < 1.29 is 23.4 Å². The fraction of sp³-hybridized carbons (Fsp3) is 0.615. The van der Waals surface area contributed by atoms with Crippen LogP contribution >= 0.6 is 0 Å². The van der Waals surface area contributed by atoms with Gasteiger partial charge >= 0.3 is 5.97 Å². The lowest BCUT2D eigenvalue weighted by Crippen LogP contribution is -2.24. The van der Waals surface area contributed by atoms with E-state index in [2.05, 4.69) is 4.72 Å². The maximum atomic E-state index is 12.1. The zero-order chi connectivity index (χ0) is 16.0. The maximum absolute atomic E-state index is 12.1. The van der Waals surface area contributed by atoms with Crippen LogP contribution in [-0.2, 0) is 10.0 Å². The van der Waals surface area contributed by atoms with Crippen LogP contribution in [0, 0.1) is 0 Å². The summed E-state index contributed by atoms with van der Waals surface area (Å²) in [4.78, 5) is 11.1. The molecule has 1 heterocycles. The molecule has 1 aromatic heterocycles. The van der Waals surface area contributed by atoms with Crippen LogP contribution < -0.4 is 4.72 Å². The first-order valence-corrected chi connectivity index (χ1v) is 8.33. The normalized spacial score (nSPS) is 12.0. The molecule has 1 aromatic rings. The molecule has 0 amide bonds. The minimum atomic E-state index is -3.71. The van der Waals surface area contributed by atoms with E-state index in [-0.39, 0.29) is 29.8 Å². The summed E-state index contributed by atoms with van der Waals surface area (Å²) in [7, 11) is -3.71. The van der Waals surface area contributed by atoms with Crippen molar-refractivity contribution in [2.24, 2.45) is 0 Å². The molecule has 3 N–H and O–H groups in total. The molecule has 0 aliphatic carbocycles. The molecule has 0 aliphatic heterocycles. The Kier molecular flexibility index (Phi) is 6.38. The van der Waals surface area contributed by atoms with Crippen LogP contribution in [0.15, 0.2) is 17.2 Å². The maximum Gasteiger partial charge on any atom is 0.352 e. The number of aliphatic hydroxyl groups is 1. The van der Waals surface area contributed by atoms with Gasteiger partial charge in [0.05, 0.1) is 0 Å². The monoisotopic (exact) mass is 318 g/mol. The van der Waals surface area contributed by atoms with Crippen LogP contribution in [0.25, 0.3) is 0 Å². The molecule has 0 saturated heterocycles. The first-order chi connectivity index (χ1) is 9.79. The number of aromatic carboxylic acids is 1. The van der Waals surface area contributed by atoms with E-state index in [4.69, 9.17) is 10.2 Å². The van der Waals surface area contributed by atoms with E-state index in [0.717, 1.165) is 6.42 Å². The number of sulfonamides is 1. The Labute approximate surface area is 124 Å². The number of rotatable bonds is 9. The first-order valence-electron chi connectivity index (χ1n) is 6.85. The Morgan fingerprint density at radius 1 is 1.33 bits per heavy atom. The van der Waals surface area contributed by atoms with Crippen molar-refractivity contribution in [1.29, 1.82) is 0 Å². The van der Waals surface area contributed by atoms with Gasteiger partial charge in [0.2, 0.25) is 10.0 Å². The van der Waals surface area contributed by atoms with Gasteiger partial charge in [-0.25, -0.2) is 17.9 Å². The van der Waals surface area contributed by atoms with Gasteiger partial charge in [0.15, 0.2) is 0 Å². The number of unbranched alkanes of at least 4 members (excludes halogenated alkanes) is 2. The molecule has 1 rings (SSSR count). The standard InChI is InChI=1S/C13H22N2O5S/c1-10(2)15-9-11(8-12(15)13(17)18)21(19,20)14-6-4-3-5-7-16/h8-10,14,16H,3-7H2,1-2H3,(H,17,18). The zero-order valence-electron chi connectivity index (χ0n) is 12.2. The summed E-state index contributed by atoms with van der Waals surface area (Å²) in [5.41, 5.74) is -0.0503. The molecule has 0 atom stereocenters. The number of nitrogens with zero attached hydrogens (tertiary/aromatic N) is 1. The summed E-state index contributed by atoms with van der Waals surface area (Å²) in [5, 5.41) is 17.8. The van der Waals surface area contributed by atoms with Crippen molar-refractivity contribution in [2.45, 2.75) is 44.0 Å². The highest BCUT2D eigenvalue weighted by molar-refractivity contribution is 7.89. The Balaban J connectivity index is 2.84.